The van der Waals surface area contributed by atoms with Gasteiger partial charge in [-0.3, -0.25) is 4.79 Å². The van der Waals surface area contributed by atoms with E-state index in [-0.39, 0.29) is 5.91 Å². The highest BCUT2D eigenvalue weighted by Gasteiger charge is 2.22. The van der Waals surface area contributed by atoms with Gasteiger partial charge >= 0.3 is 0 Å². The molecule has 0 fully saturated rings. The molecule has 88 valence electrons. The van der Waals surface area contributed by atoms with Crippen molar-refractivity contribution in [1.82, 2.24) is 5.32 Å². The summed E-state index contributed by atoms with van der Waals surface area (Å²) >= 11 is 0. The number of rotatable bonds is 5. The normalized spacial score (nSPS) is 11.2. The molecule has 1 amide bonds. The van der Waals surface area contributed by atoms with E-state index in [0.717, 1.165) is 12.8 Å². The molecule has 0 saturated heterocycles. The third kappa shape index (κ3) is 4.45. The molecule has 1 aromatic rings. The molecule has 0 atom stereocenters. The van der Waals surface area contributed by atoms with Crippen molar-refractivity contribution in [3.63, 3.8) is 0 Å². The third-order valence-electron chi connectivity index (χ3n) is 2.33. The Morgan fingerprint density at radius 3 is 2.50 bits per heavy atom. The Bertz CT molecular complexity index is 328. The van der Waals surface area contributed by atoms with Crippen LogP contribution < -0.4 is 5.32 Å². The summed E-state index contributed by atoms with van der Waals surface area (Å²) in [7, 11) is 0. The highest BCUT2D eigenvalue weighted by molar-refractivity contribution is 5.83. The maximum atomic E-state index is 11.3. The summed E-state index contributed by atoms with van der Waals surface area (Å²) in [5.41, 5.74) is -0.0211. The van der Waals surface area contributed by atoms with Crippen LogP contribution in [0.3, 0.4) is 0 Å². The predicted octanol–water partition coefficient (Wildman–Crippen LogP) is 1.51. The Hall–Kier alpha value is -1.35. The van der Waals surface area contributed by atoms with Crippen LogP contribution in [0.5, 0.6) is 0 Å². The van der Waals surface area contributed by atoms with E-state index in [0.29, 0.717) is 6.54 Å². The maximum absolute atomic E-state index is 11.3. The van der Waals surface area contributed by atoms with E-state index in [1.54, 1.807) is 0 Å². The van der Waals surface area contributed by atoms with E-state index in [2.05, 4.69) is 17.4 Å². The number of hydrogen-bond donors (Lipinski definition) is 2. The van der Waals surface area contributed by atoms with E-state index in [9.17, 15) is 9.90 Å². The predicted molar refractivity (Wildman–Crippen MR) is 64.1 cm³/mol. The number of amides is 1. The van der Waals surface area contributed by atoms with Crippen LogP contribution in [-0.2, 0) is 11.2 Å². The molecule has 0 heterocycles. The van der Waals surface area contributed by atoms with Crippen molar-refractivity contribution in [1.29, 1.82) is 0 Å². The molecule has 0 radical (unpaired) electrons. The average Bonchev–Trinajstić information content (AvgIpc) is 2.24. The van der Waals surface area contributed by atoms with Crippen LogP contribution in [0.25, 0.3) is 0 Å². The maximum Gasteiger partial charge on any atom is 0.251 e. The molecule has 1 rings (SSSR count). The van der Waals surface area contributed by atoms with Gasteiger partial charge in [0.15, 0.2) is 0 Å². The first-order chi connectivity index (χ1) is 7.50. The summed E-state index contributed by atoms with van der Waals surface area (Å²) in [4.78, 5) is 11.3. The van der Waals surface area contributed by atoms with Gasteiger partial charge in [-0.2, -0.15) is 0 Å². The Labute approximate surface area is 96.5 Å². The summed E-state index contributed by atoms with van der Waals surface area (Å²) in [5.74, 6) is -0.319. The first kappa shape index (κ1) is 12.7. The van der Waals surface area contributed by atoms with Crippen LogP contribution in [0.15, 0.2) is 30.3 Å². The second-order valence-electron chi connectivity index (χ2n) is 4.40. The van der Waals surface area contributed by atoms with Gasteiger partial charge in [0.25, 0.3) is 5.91 Å². The number of benzene rings is 1. The zero-order valence-electron chi connectivity index (χ0n) is 9.86. The lowest BCUT2D eigenvalue weighted by atomic mass is 10.1. The van der Waals surface area contributed by atoms with Gasteiger partial charge in [0.2, 0.25) is 0 Å². The lowest BCUT2D eigenvalue weighted by Gasteiger charge is -2.16. The fraction of sp³-hybridized carbons (Fsp3) is 0.462. The van der Waals surface area contributed by atoms with Crippen molar-refractivity contribution < 1.29 is 9.90 Å². The van der Waals surface area contributed by atoms with Crippen molar-refractivity contribution in [3.05, 3.63) is 35.9 Å². The summed E-state index contributed by atoms with van der Waals surface area (Å²) in [6.45, 7) is 3.57. The first-order valence-electron chi connectivity index (χ1n) is 5.55. The molecule has 0 saturated carbocycles. The van der Waals surface area contributed by atoms with Gasteiger partial charge in [-0.25, -0.2) is 0 Å². The zero-order chi connectivity index (χ0) is 12.0. The van der Waals surface area contributed by atoms with Gasteiger partial charge in [-0.15, -0.1) is 0 Å². The average molecular weight is 221 g/mol. The Kier molecular flexibility index (Phi) is 4.50. The van der Waals surface area contributed by atoms with Crippen molar-refractivity contribution in [2.75, 3.05) is 6.54 Å². The van der Waals surface area contributed by atoms with Crippen LogP contribution in [0.1, 0.15) is 25.8 Å². The number of nitrogens with one attached hydrogen (secondary N) is 1. The summed E-state index contributed by atoms with van der Waals surface area (Å²) in [6.07, 6.45) is 1.82. The molecule has 0 aromatic heterocycles. The van der Waals surface area contributed by atoms with Crippen molar-refractivity contribution in [2.45, 2.75) is 32.3 Å². The van der Waals surface area contributed by atoms with E-state index in [1.807, 2.05) is 18.2 Å². The smallest absolute Gasteiger partial charge is 0.251 e. The van der Waals surface area contributed by atoms with E-state index in [4.69, 9.17) is 0 Å². The van der Waals surface area contributed by atoms with Crippen LogP contribution in [0.4, 0.5) is 0 Å². The van der Waals surface area contributed by atoms with Crippen molar-refractivity contribution >= 4 is 5.91 Å². The van der Waals surface area contributed by atoms with Crippen LogP contribution in [-0.4, -0.2) is 23.2 Å². The molecule has 0 bridgehead atoms. The minimum atomic E-state index is -1.28. The van der Waals surface area contributed by atoms with E-state index < -0.39 is 5.60 Å². The molecule has 3 nitrogen and oxygen atoms in total. The van der Waals surface area contributed by atoms with Gasteiger partial charge in [0.05, 0.1) is 0 Å². The van der Waals surface area contributed by atoms with Gasteiger partial charge in [0, 0.05) is 6.54 Å². The largest absolute Gasteiger partial charge is 0.381 e. The fourth-order valence-corrected chi connectivity index (χ4v) is 1.36. The quantitative estimate of drug-likeness (QED) is 0.740. The Balaban J connectivity index is 2.20. The van der Waals surface area contributed by atoms with Crippen molar-refractivity contribution in [2.24, 2.45) is 0 Å². The summed E-state index contributed by atoms with van der Waals surface area (Å²) in [6, 6.07) is 10.1. The molecular formula is C13H19NO2. The number of carbonyl (C=O) groups is 1. The second-order valence-corrected chi connectivity index (χ2v) is 4.40. The number of aryl methyl sites for hydroxylation is 1. The monoisotopic (exact) mass is 221 g/mol. The zero-order valence-corrected chi connectivity index (χ0v) is 9.86. The van der Waals surface area contributed by atoms with E-state index >= 15 is 0 Å². The van der Waals surface area contributed by atoms with E-state index in [1.165, 1.54) is 19.4 Å². The highest BCUT2D eigenvalue weighted by Crippen LogP contribution is 2.03. The second kappa shape index (κ2) is 5.66. The number of aliphatic hydroxyl groups is 1. The molecule has 0 spiro atoms. The molecule has 0 aliphatic rings. The molecule has 1 aromatic carbocycles. The Morgan fingerprint density at radius 2 is 1.94 bits per heavy atom. The molecule has 0 aliphatic heterocycles. The Morgan fingerprint density at radius 1 is 1.31 bits per heavy atom. The van der Waals surface area contributed by atoms with Gasteiger partial charge in [-0.05, 0) is 32.3 Å². The van der Waals surface area contributed by atoms with Gasteiger partial charge < -0.3 is 10.4 Å². The van der Waals surface area contributed by atoms with Crippen LogP contribution in [0, 0.1) is 0 Å². The number of hydrogen-bond acceptors (Lipinski definition) is 2. The van der Waals surface area contributed by atoms with Crippen LogP contribution in [0.2, 0.25) is 0 Å². The molecular weight excluding hydrogens is 202 g/mol. The minimum absolute atomic E-state index is 0.319. The standard InChI is InChI=1S/C13H19NO2/c1-13(2,16)12(15)14-10-6-9-11-7-4-3-5-8-11/h3-5,7-8,16H,6,9-10H2,1-2H3,(H,14,15). The fourth-order valence-electron chi connectivity index (χ4n) is 1.36. The summed E-state index contributed by atoms with van der Waals surface area (Å²) < 4.78 is 0. The minimum Gasteiger partial charge on any atom is -0.381 e. The van der Waals surface area contributed by atoms with Gasteiger partial charge in [-0.1, -0.05) is 30.3 Å². The SMILES string of the molecule is CC(C)(O)C(=O)NCCCc1ccccc1. The van der Waals surface area contributed by atoms with Gasteiger partial charge in [0.1, 0.15) is 5.60 Å². The first-order valence-corrected chi connectivity index (χ1v) is 5.55. The number of carbonyl (C=O) groups excluding carboxylic acids is 1. The molecule has 16 heavy (non-hydrogen) atoms. The lowest BCUT2D eigenvalue weighted by Crippen LogP contribution is -2.42. The lowest BCUT2D eigenvalue weighted by molar-refractivity contribution is -0.136. The summed E-state index contributed by atoms with van der Waals surface area (Å²) in [5, 5.41) is 12.1. The molecule has 0 unspecified atom stereocenters. The third-order valence-corrected chi connectivity index (χ3v) is 2.33. The topological polar surface area (TPSA) is 49.3 Å². The highest BCUT2D eigenvalue weighted by atomic mass is 16.3. The molecule has 2 N–H and O–H groups in total. The van der Waals surface area contributed by atoms with Crippen LogP contribution >= 0.6 is 0 Å². The molecule has 0 aliphatic carbocycles. The van der Waals surface area contributed by atoms with Crippen molar-refractivity contribution in [3.8, 4) is 0 Å². The molecule has 3 heteroatoms.